The largest absolute Gasteiger partial charge is 0.296 e. The average molecular weight is 304 g/mol. The van der Waals surface area contributed by atoms with E-state index in [-0.39, 0.29) is 17.5 Å². The summed E-state index contributed by atoms with van der Waals surface area (Å²) in [5.41, 5.74) is 0.722. The molecule has 0 aliphatic rings. The molecule has 7 heteroatoms. The maximum absolute atomic E-state index is 13.6. The van der Waals surface area contributed by atoms with E-state index in [1.807, 2.05) is 13.8 Å². The standard InChI is InChI=1S/C14H13FN4OS/c1-8(2)19-10(6-7-16-19)13(20)18-14-17-12-9(15)4-3-5-11(12)21-14/h3-8H,1-2H3,(H,17,18,20). The molecule has 0 aliphatic heterocycles. The topological polar surface area (TPSA) is 59.8 Å². The Balaban J connectivity index is 1.89. The van der Waals surface area contributed by atoms with Gasteiger partial charge in [0.1, 0.15) is 17.0 Å². The van der Waals surface area contributed by atoms with Gasteiger partial charge in [0.2, 0.25) is 0 Å². The van der Waals surface area contributed by atoms with Crippen molar-refractivity contribution in [2.75, 3.05) is 5.32 Å². The number of aromatic nitrogens is 3. The van der Waals surface area contributed by atoms with Crippen LogP contribution >= 0.6 is 11.3 Å². The number of benzene rings is 1. The lowest BCUT2D eigenvalue weighted by Crippen LogP contribution is -2.18. The quantitative estimate of drug-likeness (QED) is 0.806. The number of rotatable bonds is 3. The molecule has 3 rings (SSSR count). The second kappa shape index (κ2) is 5.25. The summed E-state index contributed by atoms with van der Waals surface area (Å²) in [7, 11) is 0. The highest BCUT2D eigenvalue weighted by Gasteiger charge is 2.16. The molecule has 0 saturated heterocycles. The number of nitrogens with zero attached hydrogens (tertiary/aromatic N) is 3. The zero-order chi connectivity index (χ0) is 15.0. The van der Waals surface area contributed by atoms with Gasteiger partial charge in [0.25, 0.3) is 5.91 Å². The maximum atomic E-state index is 13.6. The number of fused-ring (bicyclic) bond motifs is 1. The summed E-state index contributed by atoms with van der Waals surface area (Å²) in [5.74, 6) is -0.697. The number of halogens is 1. The monoisotopic (exact) mass is 304 g/mol. The highest BCUT2D eigenvalue weighted by molar-refractivity contribution is 7.22. The minimum atomic E-state index is -0.392. The molecule has 0 unspecified atom stereocenters. The summed E-state index contributed by atoms with van der Waals surface area (Å²) in [6, 6.07) is 6.46. The van der Waals surface area contributed by atoms with E-state index in [2.05, 4.69) is 15.4 Å². The van der Waals surface area contributed by atoms with Gasteiger partial charge in [0.05, 0.1) is 4.70 Å². The van der Waals surface area contributed by atoms with Crippen LogP contribution in [0, 0.1) is 5.82 Å². The van der Waals surface area contributed by atoms with Gasteiger partial charge in [-0.3, -0.25) is 14.8 Å². The lowest BCUT2D eigenvalue weighted by Gasteiger charge is -2.09. The average Bonchev–Trinajstić information content (AvgIpc) is 3.04. The Hall–Kier alpha value is -2.28. The molecule has 2 heterocycles. The van der Waals surface area contributed by atoms with Crippen molar-refractivity contribution in [1.82, 2.24) is 14.8 Å². The second-order valence-electron chi connectivity index (χ2n) is 4.81. The predicted molar refractivity (Wildman–Crippen MR) is 80.1 cm³/mol. The Bertz CT molecular complexity index is 808. The molecule has 21 heavy (non-hydrogen) atoms. The number of nitrogens with one attached hydrogen (secondary N) is 1. The first-order valence-corrected chi connectivity index (χ1v) is 7.28. The van der Waals surface area contributed by atoms with E-state index in [1.165, 1.54) is 17.4 Å². The second-order valence-corrected chi connectivity index (χ2v) is 5.85. The highest BCUT2D eigenvalue weighted by atomic mass is 32.1. The molecular formula is C14H13FN4OS. The third kappa shape index (κ3) is 2.52. The number of carbonyl (C=O) groups excluding carboxylic acids is 1. The van der Waals surface area contributed by atoms with E-state index in [1.54, 1.807) is 29.1 Å². The number of carbonyl (C=O) groups is 1. The Morgan fingerprint density at radius 2 is 2.19 bits per heavy atom. The number of thiazole rings is 1. The molecule has 0 spiro atoms. The van der Waals surface area contributed by atoms with Crippen LogP contribution < -0.4 is 5.32 Å². The zero-order valence-electron chi connectivity index (χ0n) is 11.5. The zero-order valence-corrected chi connectivity index (χ0v) is 12.3. The molecule has 0 bridgehead atoms. The van der Waals surface area contributed by atoms with Crippen LogP contribution in [-0.2, 0) is 0 Å². The summed E-state index contributed by atoms with van der Waals surface area (Å²) in [5, 5.41) is 7.18. The van der Waals surface area contributed by atoms with Gasteiger partial charge in [-0.15, -0.1) is 0 Å². The van der Waals surface area contributed by atoms with E-state index in [9.17, 15) is 9.18 Å². The molecule has 1 N–H and O–H groups in total. The molecule has 0 atom stereocenters. The van der Waals surface area contributed by atoms with Crippen LogP contribution in [0.1, 0.15) is 30.4 Å². The number of anilines is 1. The van der Waals surface area contributed by atoms with Crippen molar-refractivity contribution in [1.29, 1.82) is 0 Å². The Kier molecular flexibility index (Phi) is 3.42. The molecule has 5 nitrogen and oxygen atoms in total. The van der Waals surface area contributed by atoms with Crippen molar-refractivity contribution in [2.45, 2.75) is 19.9 Å². The van der Waals surface area contributed by atoms with Gasteiger partial charge in [-0.05, 0) is 32.0 Å². The molecule has 1 amide bonds. The smallest absolute Gasteiger partial charge is 0.275 e. The SMILES string of the molecule is CC(C)n1nccc1C(=O)Nc1nc2c(F)cccc2s1. The van der Waals surface area contributed by atoms with Gasteiger partial charge in [-0.25, -0.2) is 9.37 Å². The van der Waals surface area contributed by atoms with Crippen molar-refractivity contribution < 1.29 is 9.18 Å². The van der Waals surface area contributed by atoms with Gasteiger partial charge in [0, 0.05) is 12.2 Å². The Morgan fingerprint density at radius 1 is 1.38 bits per heavy atom. The van der Waals surface area contributed by atoms with Crippen LogP contribution in [0.3, 0.4) is 0 Å². The first-order chi connectivity index (χ1) is 10.1. The summed E-state index contributed by atoms with van der Waals surface area (Å²) in [6.45, 7) is 3.88. The molecule has 108 valence electrons. The lowest BCUT2D eigenvalue weighted by atomic mass is 10.3. The number of hydrogen-bond donors (Lipinski definition) is 1. The van der Waals surface area contributed by atoms with Crippen molar-refractivity contribution in [3.8, 4) is 0 Å². The van der Waals surface area contributed by atoms with E-state index < -0.39 is 5.82 Å². The first kappa shape index (κ1) is 13.7. The van der Waals surface area contributed by atoms with Gasteiger partial charge < -0.3 is 0 Å². The van der Waals surface area contributed by atoms with Gasteiger partial charge >= 0.3 is 0 Å². The van der Waals surface area contributed by atoms with Crippen LogP contribution in [0.5, 0.6) is 0 Å². The summed E-state index contributed by atoms with van der Waals surface area (Å²) < 4.78 is 15.9. The third-order valence-corrected chi connectivity index (χ3v) is 3.92. The van der Waals surface area contributed by atoms with E-state index in [0.717, 1.165) is 0 Å². The predicted octanol–water partition coefficient (Wildman–Crippen LogP) is 3.47. The minimum absolute atomic E-state index is 0.0774. The number of amides is 1. The Morgan fingerprint density at radius 3 is 2.90 bits per heavy atom. The molecular weight excluding hydrogens is 291 g/mol. The number of hydrogen-bond acceptors (Lipinski definition) is 4. The molecule has 2 aromatic heterocycles. The van der Waals surface area contributed by atoms with Gasteiger partial charge in [-0.2, -0.15) is 5.10 Å². The third-order valence-electron chi connectivity index (χ3n) is 2.98. The highest BCUT2D eigenvalue weighted by Crippen LogP contribution is 2.27. The molecule has 1 aromatic carbocycles. The van der Waals surface area contributed by atoms with E-state index in [0.29, 0.717) is 15.5 Å². The molecule has 0 radical (unpaired) electrons. The fraction of sp³-hybridized carbons (Fsp3) is 0.214. The normalized spacial score (nSPS) is 11.2. The fourth-order valence-electron chi connectivity index (χ4n) is 2.04. The van der Waals surface area contributed by atoms with Crippen LogP contribution in [0.4, 0.5) is 9.52 Å². The van der Waals surface area contributed by atoms with Crippen LogP contribution in [0.2, 0.25) is 0 Å². The van der Waals surface area contributed by atoms with Crippen LogP contribution in [0.25, 0.3) is 10.2 Å². The molecule has 3 aromatic rings. The number of para-hydroxylation sites is 1. The van der Waals surface area contributed by atoms with E-state index >= 15 is 0 Å². The van der Waals surface area contributed by atoms with Crippen LogP contribution in [0.15, 0.2) is 30.5 Å². The summed E-state index contributed by atoms with van der Waals surface area (Å²) >= 11 is 1.24. The van der Waals surface area contributed by atoms with Gasteiger partial charge in [-0.1, -0.05) is 17.4 Å². The molecule has 0 aliphatic carbocycles. The summed E-state index contributed by atoms with van der Waals surface area (Å²) in [6.07, 6.45) is 1.58. The Labute approximate surface area is 124 Å². The van der Waals surface area contributed by atoms with Crippen molar-refractivity contribution in [2.24, 2.45) is 0 Å². The fourth-order valence-corrected chi connectivity index (χ4v) is 2.91. The van der Waals surface area contributed by atoms with Crippen molar-refractivity contribution >= 4 is 32.6 Å². The van der Waals surface area contributed by atoms with Gasteiger partial charge in [0.15, 0.2) is 5.13 Å². The molecule has 0 fully saturated rings. The van der Waals surface area contributed by atoms with Crippen molar-refractivity contribution in [3.05, 3.63) is 42.0 Å². The first-order valence-electron chi connectivity index (χ1n) is 6.46. The maximum Gasteiger partial charge on any atom is 0.275 e. The van der Waals surface area contributed by atoms with E-state index in [4.69, 9.17) is 0 Å². The molecule has 0 saturated carbocycles. The summed E-state index contributed by atoms with van der Waals surface area (Å²) in [4.78, 5) is 16.4. The minimum Gasteiger partial charge on any atom is -0.296 e. The van der Waals surface area contributed by atoms with Crippen LogP contribution in [-0.4, -0.2) is 20.7 Å². The lowest BCUT2D eigenvalue weighted by molar-refractivity contribution is 0.101. The van der Waals surface area contributed by atoms with Crippen molar-refractivity contribution in [3.63, 3.8) is 0 Å².